The van der Waals surface area contributed by atoms with E-state index in [0.29, 0.717) is 5.39 Å². The van der Waals surface area contributed by atoms with Crippen molar-refractivity contribution in [3.63, 3.8) is 0 Å². The van der Waals surface area contributed by atoms with Crippen LogP contribution in [0.25, 0.3) is 10.8 Å². The highest BCUT2D eigenvalue weighted by molar-refractivity contribution is 7.87. The predicted molar refractivity (Wildman–Crippen MR) is 78.6 cm³/mol. The molecule has 0 atom stereocenters. The first-order valence-electron chi connectivity index (χ1n) is 6.50. The van der Waals surface area contributed by atoms with Crippen molar-refractivity contribution in [2.24, 2.45) is 0 Å². The van der Waals surface area contributed by atoms with E-state index >= 15 is 0 Å². The fourth-order valence-electron chi connectivity index (χ4n) is 2.00. The van der Waals surface area contributed by atoms with E-state index in [1.54, 1.807) is 0 Å². The average Bonchev–Trinajstić information content (AvgIpc) is 2.62. The molecule has 1 heterocycles. The van der Waals surface area contributed by atoms with Crippen LogP contribution in [-0.2, 0) is 10.1 Å². The molecule has 0 aliphatic heterocycles. The molecule has 0 saturated carbocycles. The van der Waals surface area contributed by atoms with Crippen LogP contribution in [0, 0.1) is 29.1 Å². The number of aromatic nitrogens is 2. The minimum absolute atomic E-state index is 0.0351. The van der Waals surface area contributed by atoms with E-state index in [1.807, 2.05) is 0 Å². The van der Waals surface area contributed by atoms with E-state index in [9.17, 15) is 30.4 Å². The fourth-order valence-corrected chi connectivity index (χ4v) is 3.19. The first-order chi connectivity index (χ1) is 12.1. The van der Waals surface area contributed by atoms with E-state index in [4.69, 9.17) is 11.6 Å². The van der Waals surface area contributed by atoms with Gasteiger partial charge in [0.15, 0.2) is 5.15 Å². The van der Waals surface area contributed by atoms with Gasteiger partial charge >= 0.3 is 10.1 Å². The third kappa shape index (κ3) is 2.92. The van der Waals surface area contributed by atoms with Crippen LogP contribution < -0.4 is 4.18 Å². The lowest BCUT2D eigenvalue weighted by Crippen LogP contribution is -2.14. The maximum Gasteiger partial charge on any atom is 0.339 e. The van der Waals surface area contributed by atoms with Crippen molar-refractivity contribution >= 4 is 32.5 Å². The Morgan fingerprint density at radius 2 is 1.50 bits per heavy atom. The molecule has 0 aliphatic rings. The molecule has 0 unspecified atom stereocenters. The van der Waals surface area contributed by atoms with Crippen molar-refractivity contribution < 1.29 is 34.6 Å². The SMILES string of the molecule is O=S(=O)(Oc1c(F)c(F)c(F)c(F)c1F)c1ccc2c(Cl)nncc2c1. The zero-order valence-electron chi connectivity index (χ0n) is 12.1. The summed E-state index contributed by atoms with van der Waals surface area (Å²) >= 11 is 5.77. The van der Waals surface area contributed by atoms with E-state index in [2.05, 4.69) is 14.4 Å². The largest absolute Gasteiger partial charge is 0.372 e. The quantitative estimate of drug-likeness (QED) is 0.285. The molecule has 26 heavy (non-hydrogen) atoms. The fraction of sp³-hybridized carbons (Fsp3) is 0. The maximum absolute atomic E-state index is 13.6. The predicted octanol–water partition coefficient (Wildman–Crippen LogP) is 3.75. The van der Waals surface area contributed by atoms with Gasteiger partial charge in [0.1, 0.15) is 4.90 Å². The average molecular weight is 411 g/mol. The number of benzene rings is 2. The molecule has 0 radical (unpaired) electrons. The summed E-state index contributed by atoms with van der Waals surface area (Å²) in [6.45, 7) is 0. The second kappa shape index (κ2) is 6.32. The van der Waals surface area contributed by atoms with Crippen molar-refractivity contribution in [1.82, 2.24) is 10.2 Å². The summed E-state index contributed by atoms with van der Waals surface area (Å²) in [5.74, 6) is -13.9. The number of rotatable bonds is 3. The highest BCUT2D eigenvalue weighted by Crippen LogP contribution is 2.32. The molecule has 12 heteroatoms. The summed E-state index contributed by atoms with van der Waals surface area (Å²) in [7, 11) is -4.94. The normalized spacial score (nSPS) is 11.8. The summed E-state index contributed by atoms with van der Waals surface area (Å²) < 4.78 is 95.1. The lowest BCUT2D eigenvalue weighted by molar-refractivity contribution is 0.346. The molecule has 2 aromatic carbocycles. The molecule has 0 bridgehead atoms. The van der Waals surface area contributed by atoms with Gasteiger partial charge in [-0.1, -0.05) is 11.6 Å². The standard InChI is InChI=1S/C14H4ClF5N2O3S/c15-14-7-2-1-6(3-5(7)4-21-22-14)26(23,24)25-13-11(19)9(17)8(16)10(18)12(13)20/h1-4H. The summed E-state index contributed by atoms with van der Waals surface area (Å²) in [4.78, 5) is -0.627. The lowest BCUT2D eigenvalue weighted by Gasteiger charge is -2.11. The zero-order valence-corrected chi connectivity index (χ0v) is 13.7. The number of hydrogen-bond donors (Lipinski definition) is 0. The molecule has 1 aromatic heterocycles. The van der Waals surface area contributed by atoms with Crippen molar-refractivity contribution in [2.45, 2.75) is 4.90 Å². The van der Waals surface area contributed by atoms with Crippen LogP contribution in [0.2, 0.25) is 5.15 Å². The first-order valence-corrected chi connectivity index (χ1v) is 8.29. The molecule has 3 aromatic rings. The van der Waals surface area contributed by atoms with E-state index < -0.39 is 49.8 Å². The number of hydrogen-bond acceptors (Lipinski definition) is 5. The molecule has 136 valence electrons. The third-order valence-corrected chi connectivity index (χ3v) is 4.74. The molecular weight excluding hydrogens is 407 g/mol. The van der Waals surface area contributed by atoms with Crippen molar-refractivity contribution in [2.75, 3.05) is 0 Å². The molecular formula is C14H4ClF5N2O3S. The molecule has 0 aliphatic carbocycles. The minimum Gasteiger partial charge on any atom is -0.372 e. The highest BCUT2D eigenvalue weighted by atomic mass is 35.5. The van der Waals surface area contributed by atoms with Gasteiger partial charge in [-0.25, -0.2) is 13.2 Å². The number of halogens is 6. The van der Waals surface area contributed by atoms with Gasteiger partial charge in [0, 0.05) is 10.8 Å². The van der Waals surface area contributed by atoms with Crippen LogP contribution in [0.15, 0.2) is 29.3 Å². The Labute approximate surface area is 147 Å². The molecule has 3 rings (SSSR count). The summed E-state index contributed by atoms with van der Waals surface area (Å²) in [6.07, 6.45) is 1.15. The first kappa shape index (κ1) is 18.3. The maximum atomic E-state index is 13.6. The van der Waals surface area contributed by atoms with Crippen molar-refractivity contribution in [3.05, 3.63) is 58.6 Å². The summed E-state index contributed by atoms with van der Waals surface area (Å²) in [5, 5.41) is 7.51. The van der Waals surface area contributed by atoms with E-state index in [1.165, 1.54) is 6.07 Å². The van der Waals surface area contributed by atoms with Crippen molar-refractivity contribution in [3.8, 4) is 5.75 Å². The van der Waals surface area contributed by atoms with Crippen LogP contribution in [-0.4, -0.2) is 18.6 Å². The Morgan fingerprint density at radius 3 is 2.12 bits per heavy atom. The van der Waals surface area contributed by atoms with E-state index in [-0.39, 0.29) is 10.5 Å². The molecule has 0 amide bonds. The summed E-state index contributed by atoms with van der Waals surface area (Å²) in [6, 6.07) is 3.15. The van der Waals surface area contributed by atoms with Crippen LogP contribution in [0.5, 0.6) is 5.75 Å². The molecule has 0 spiro atoms. The Morgan fingerprint density at radius 1 is 0.923 bits per heavy atom. The van der Waals surface area contributed by atoms with Crippen LogP contribution >= 0.6 is 11.6 Å². The molecule has 0 N–H and O–H groups in total. The Balaban J connectivity index is 2.11. The zero-order chi connectivity index (χ0) is 19.2. The number of fused-ring (bicyclic) bond motifs is 1. The molecule has 0 fully saturated rings. The monoisotopic (exact) mass is 410 g/mol. The lowest BCUT2D eigenvalue weighted by atomic mass is 10.2. The van der Waals surface area contributed by atoms with Gasteiger partial charge in [-0.2, -0.15) is 22.3 Å². The van der Waals surface area contributed by atoms with Gasteiger partial charge in [-0.05, 0) is 18.2 Å². The minimum atomic E-state index is -4.94. The second-order valence-corrected chi connectivity index (χ2v) is 6.73. The van der Waals surface area contributed by atoms with Crippen LogP contribution in [0.4, 0.5) is 22.0 Å². The Bertz CT molecular complexity index is 1130. The topological polar surface area (TPSA) is 69.2 Å². The van der Waals surface area contributed by atoms with Gasteiger partial charge in [0.25, 0.3) is 0 Å². The second-order valence-electron chi connectivity index (χ2n) is 4.82. The highest BCUT2D eigenvalue weighted by Gasteiger charge is 2.31. The van der Waals surface area contributed by atoms with Gasteiger partial charge in [-0.3, -0.25) is 0 Å². The van der Waals surface area contributed by atoms with Gasteiger partial charge < -0.3 is 4.18 Å². The van der Waals surface area contributed by atoms with Crippen LogP contribution in [0.3, 0.4) is 0 Å². The molecule has 0 saturated heterocycles. The van der Waals surface area contributed by atoms with E-state index in [0.717, 1.165) is 18.3 Å². The van der Waals surface area contributed by atoms with Gasteiger partial charge in [-0.15, -0.1) is 5.10 Å². The molecule has 5 nitrogen and oxygen atoms in total. The third-order valence-electron chi connectivity index (χ3n) is 3.24. The number of nitrogens with zero attached hydrogens (tertiary/aromatic N) is 2. The van der Waals surface area contributed by atoms with Gasteiger partial charge in [0.2, 0.25) is 34.8 Å². The van der Waals surface area contributed by atoms with Crippen LogP contribution in [0.1, 0.15) is 0 Å². The summed E-state index contributed by atoms with van der Waals surface area (Å²) in [5.41, 5.74) is 0. The Kier molecular flexibility index (Phi) is 4.44. The van der Waals surface area contributed by atoms with Crippen molar-refractivity contribution in [1.29, 1.82) is 0 Å². The smallest absolute Gasteiger partial charge is 0.339 e. The Hall–Kier alpha value is -2.53. The van der Waals surface area contributed by atoms with Gasteiger partial charge in [0.05, 0.1) is 6.20 Å².